The first-order valence-electron chi connectivity index (χ1n) is 5.60. The molecule has 0 aliphatic rings. The van der Waals surface area contributed by atoms with Gasteiger partial charge in [0.25, 0.3) is 5.78 Å². The van der Waals surface area contributed by atoms with Crippen LogP contribution in [0, 0.1) is 0 Å². The number of ether oxygens (including phenoxy) is 3. The van der Waals surface area contributed by atoms with Crippen LogP contribution in [-0.4, -0.2) is 39.1 Å². The lowest BCUT2D eigenvalue weighted by Gasteiger charge is -2.15. The molecule has 114 valence electrons. The summed E-state index contributed by atoms with van der Waals surface area (Å²) in [6.07, 6.45) is 0. The highest BCUT2D eigenvalue weighted by Crippen LogP contribution is 2.37. The Morgan fingerprint density at radius 3 is 1.90 bits per heavy atom. The van der Waals surface area contributed by atoms with Crippen molar-refractivity contribution < 1.29 is 28.6 Å². The molecule has 1 aromatic rings. The van der Waals surface area contributed by atoms with Gasteiger partial charge in [0, 0.05) is 0 Å². The molecule has 0 spiro atoms. The second-order valence-corrected chi connectivity index (χ2v) is 5.54. The molecule has 0 amide bonds. The Morgan fingerprint density at radius 1 is 1.00 bits per heavy atom. The second kappa shape index (κ2) is 7.56. The quantitative estimate of drug-likeness (QED) is 0.410. The topological polar surface area (TPSA) is 78.9 Å². The third-order valence-electron chi connectivity index (χ3n) is 2.64. The number of ketones is 1. The number of carbonyl (C=O) groups excluding carboxylic acids is 3. The maximum Gasteiger partial charge on any atom is 0.375 e. The summed E-state index contributed by atoms with van der Waals surface area (Å²) in [7, 11) is 3.67. The fraction of sp³-hybridized carbons (Fsp3) is 0.308. The van der Waals surface area contributed by atoms with Gasteiger partial charge in [0.15, 0.2) is 5.92 Å². The minimum absolute atomic E-state index is 0.275. The Morgan fingerprint density at radius 2 is 1.52 bits per heavy atom. The number of hydrogen-bond donors (Lipinski definition) is 0. The highest BCUT2D eigenvalue weighted by atomic mass is 79.9. The Bertz CT molecular complexity index is 561. The predicted octanol–water partition coefficient (Wildman–Crippen LogP) is 2.22. The first kappa shape index (κ1) is 17.6. The van der Waals surface area contributed by atoms with E-state index in [2.05, 4.69) is 41.3 Å². The van der Waals surface area contributed by atoms with Crippen molar-refractivity contribution in [3.63, 3.8) is 0 Å². The van der Waals surface area contributed by atoms with E-state index in [0.717, 1.165) is 14.2 Å². The molecule has 0 saturated heterocycles. The predicted molar refractivity (Wildman–Crippen MR) is 80.2 cm³/mol. The summed E-state index contributed by atoms with van der Waals surface area (Å²) in [5.41, 5.74) is 0.275. The van der Waals surface area contributed by atoms with Crippen LogP contribution in [-0.2, 0) is 23.9 Å². The van der Waals surface area contributed by atoms with Crippen LogP contribution < -0.4 is 4.74 Å². The van der Waals surface area contributed by atoms with Crippen molar-refractivity contribution in [2.75, 3.05) is 21.3 Å². The summed E-state index contributed by atoms with van der Waals surface area (Å²) in [6, 6.07) is 3.01. The van der Waals surface area contributed by atoms with Gasteiger partial charge in [-0.25, -0.2) is 4.79 Å². The third kappa shape index (κ3) is 3.82. The van der Waals surface area contributed by atoms with Crippen molar-refractivity contribution in [3.05, 3.63) is 26.6 Å². The average Bonchev–Trinajstić information content (AvgIpc) is 2.45. The Kier molecular flexibility index (Phi) is 6.35. The summed E-state index contributed by atoms with van der Waals surface area (Å²) in [5.74, 6) is -3.88. The molecule has 0 bridgehead atoms. The van der Waals surface area contributed by atoms with E-state index < -0.39 is 23.6 Å². The number of rotatable bonds is 5. The van der Waals surface area contributed by atoms with Gasteiger partial charge in [-0.15, -0.1) is 0 Å². The Balaban J connectivity index is 3.37. The smallest absolute Gasteiger partial charge is 0.375 e. The zero-order chi connectivity index (χ0) is 16.2. The van der Waals surface area contributed by atoms with Gasteiger partial charge in [-0.05, 0) is 49.6 Å². The molecule has 8 heteroatoms. The summed E-state index contributed by atoms with van der Waals surface area (Å²) >= 11 is 6.53. The van der Waals surface area contributed by atoms with Crippen molar-refractivity contribution in [1.29, 1.82) is 0 Å². The fourth-order valence-corrected chi connectivity index (χ4v) is 3.22. The van der Waals surface area contributed by atoms with Gasteiger partial charge in [0.1, 0.15) is 5.75 Å². The standard InChI is InChI=1S/C13H12Br2O6/c1-19-11-7(14)4-6(5-8(11)15)9(12(17)20-2)10(16)13(18)21-3/h4-5,9H,1-3H3. The van der Waals surface area contributed by atoms with E-state index in [1.165, 1.54) is 19.2 Å². The third-order valence-corrected chi connectivity index (χ3v) is 3.82. The molecule has 1 atom stereocenters. The normalized spacial score (nSPS) is 11.5. The molecule has 1 aromatic carbocycles. The summed E-state index contributed by atoms with van der Waals surface area (Å²) < 4.78 is 15.1. The highest BCUT2D eigenvalue weighted by Gasteiger charge is 2.35. The molecule has 0 fully saturated rings. The van der Waals surface area contributed by atoms with Crippen LogP contribution in [0.2, 0.25) is 0 Å². The van der Waals surface area contributed by atoms with Crippen LogP contribution in [0.3, 0.4) is 0 Å². The molecular weight excluding hydrogens is 412 g/mol. The molecule has 0 heterocycles. The number of methoxy groups -OCH3 is 3. The molecule has 0 radical (unpaired) electrons. The molecule has 0 aromatic heterocycles. The van der Waals surface area contributed by atoms with Crippen molar-refractivity contribution in [2.24, 2.45) is 0 Å². The molecule has 0 aliphatic carbocycles. The lowest BCUT2D eigenvalue weighted by Crippen LogP contribution is -2.30. The van der Waals surface area contributed by atoms with Crippen molar-refractivity contribution >= 4 is 49.6 Å². The lowest BCUT2D eigenvalue weighted by atomic mass is 9.94. The molecule has 21 heavy (non-hydrogen) atoms. The van der Waals surface area contributed by atoms with Gasteiger partial charge in [0.05, 0.1) is 30.3 Å². The van der Waals surface area contributed by atoms with E-state index >= 15 is 0 Å². The van der Waals surface area contributed by atoms with Crippen LogP contribution in [0.5, 0.6) is 5.75 Å². The number of carbonyl (C=O) groups is 3. The Labute approximate surface area is 138 Å². The van der Waals surface area contributed by atoms with Crippen LogP contribution in [0.15, 0.2) is 21.1 Å². The zero-order valence-corrected chi connectivity index (χ0v) is 14.6. The summed E-state index contributed by atoms with van der Waals surface area (Å²) in [5, 5.41) is 0. The molecular formula is C13H12Br2O6. The molecule has 0 aliphatic heterocycles. The fourth-order valence-electron chi connectivity index (χ4n) is 1.67. The van der Waals surface area contributed by atoms with E-state index in [0.29, 0.717) is 14.7 Å². The Hall–Kier alpha value is -1.41. The minimum Gasteiger partial charge on any atom is -0.494 e. The van der Waals surface area contributed by atoms with Gasteiger partial charge < -0.3 is 14.2 Å². The number of benzene rings is 1. The van der Waals surface area contributed by atoms with Crippen LogP contribution >= 0.6 is 31.9 Å². The minimum atomic E-state index is -1.40. The number of esters is 2. The molecule has 0 N–H and O–H groups in total. The lowest BCUT2D eigenvalue weighted by molar-refractivity contribution is -0.157. The summed E-state index contributed by atoms with van der Waals surface area (Å²) in [4.78, 5) is 35.3. The molecule has 1 unspecified atom stereocenters. The van der Waals surface area contributed by atoms with Gasteiger partial charge in [-0.2, -0.15) is 0 Å². The summed E-state index contributed by atoms with van der Waals surface area (Å²) in [6.45, 7) is 0. The monoisotopic (exact) mass is 422 g/mol. The highest BCUT2D eigenvalue weighted by molar-refractivity contribution is 9.11. The van der Waals surface area contributed by atoms with Crippen molar-refractivity contribution in [1.82, 2.24) is 0 Å². The number of halogens is 2. The first-order valence-corrected chi connectivity index (χ1v) is 7.18. The van der Waals surface area contributed by atoms with E-state index in [9.17, 15) is 14.4 Å². The molecule has 6 nitrogen and oxygen atoms in total. The molecule has 1 rings (SSSR count). The van der Waals surface area contributed by atoms with Gasteiger partial charge in [0.2, 0.25) is 0 Å². The van der Waals surface area contributed by atoms with E-state index in [1.54, 1.807) is 0 Å². The first-order chi connectivity index (χ1) is 9.87. The van der Waals surface area contributed by atoms with Gasteiger partial charge in [-0.3, -0.25) is 9.59 Å². The second-order valence-electron chi connectivity index (χ2n) is 3.83. The van der Waals surface area contributed by atoms with Crippen molar-refractivity contribution in [3.8, 4) is 5.75 Å². The van der Waals surface area contributed by atoms with Gasteiger partial charge in [-0.1, -0.05) is 0 Å². The SMILES string of the molecule is COC(=O)C(=O)C(C(=O)OC)c1cc(Br)c(OC)c(Br)c1. The van der Waals surface area contributed by atoms with Crippen molar-refractivity contribution in [2.45, 2.75) is 5.92 Å². The number of Topliss-reactive ketones (excluding diaryl/α,β-unsaturated/α-hetero) is 1. The average molecular weight is 424 g/mol. The van der Waals surface area contributed by atoms with E-state index in [1.807, 2.05) is 0 Å². The van der Waals surface area contributed by atoms with E-state index in [-0.39, 0.29) is 5.56 Å². The van der Waals surface area contributed by atoms with Gasteiger partial charge >= 0.3 is 11.9 Å². The zero-order valence-electron chi connectivity index (χ0n) is 11.4. The number of hydrogen-bond acceptors (Lipinski definition) is 6. The molecule has 0 saturated carbocycles. The maximum atomic E-state index is 12.0. The van der Waals surface area contributed by atoms with Crippen LogP contribution in [0.25, 0.3) is 0 Å². The van der Waals surface area contributed by atoms with Crippen LogP contribution in [0.1, 0.15) is 11.5 Å². The van der Waals surface area contributed by atoms with Crippen LogP contribution in [0.4, 0.5) is 0 Å². The largest absolute Gasteiger partial charge is 0.494 e. The van der Waals surface area contributed by atoms with E-state index in [4.69, 9.17) is 4.74 Å². The maximum absolute atomic E-state index is 12.0.